The van der Waals surface area contributed by atoms with Crippen molar-refractivity contribution in [3.8, 4) is 0 Å². The van der Waals surface area contributed by atoms with Gasteiger partial charge < -0.3 is 9.84 Å². The van der Waals surface area contributed by atoms with E-state index in [-0.39, 0.29) is 5.97 Å². The van der Waals surface area contributed by atoms with E-state index in [4.69, 9.17) is 4.74 Å². The van der Waals surface area contributed by atoms with E-state index in [2.05, 4.69) is 6.92 Å². The monoisotopic (exact) mass is 296 g/mol. The molecular formula is C17H28O4. The molecule has 1 aliphatic rings. The first-order valence-corrected chi connectivity index (χ1v) is 8.07. The van der Waals surface area contributed by atoms with Crippen LogP contribution in [0.2, 0.25) is 0 Å². The molecule has 1 N–H and O–H groups in total. The summed E-state index contributed by atoms with van der Waals surface area (Å²) >= 11 is 0. The zero-order chi connectivity index (χ0) is 15.7. The summed E-state index contributed by atoms with van der Waals surface area (Å²) in [7, 11) is 0. The number of ether oxygens (including phenoxy) is 1. The van der Waals surface area contributed by atoms with E-state index in [1.54, 1.807) is 6.92 Å². The Hall–Kier alpha value is -1.32. The molecule has 4 nitrogen and oxygen atoms in total. The van der Waals surface area contributed by atoms with Crippen molar-refractivity contribution >= 4 is 11.9 Å². The predicted octanol–water partition coefficient (Wildman–Crippen LogP) is 3.95. The molecular weight excluding hydrogens is 268 g/mol. The Kier molecular flexibility index (Phi) is 7.48. The maximum Gasteiger partial charge on any atom is 0.312 e. The van der Waals surface area contributed by atoms with Gasteiger partial charge in [-0.15, -0.1) is 0 Å². The molecule has 0 aliphatic heterocycles. The number of carbonyl (C=O) groups excluding carboxylic acids is 1. The summed E-state index contributed by atoms with van der Waals surface area (Å²) in [4.78, 5) is 23.6. The number of hydrogen-bond donors (Lipinski definition) is 1. The molecule has 0 spiro atoms. The normalized spacial score (nSPS) is 24.8. The van der Waals surface area contributed by atoms with Crippen LogP contribution in [0.25, 0.3) is 0 Å². The van der Waals surface area contributed by atoms with Crippen LogP contribution in [0.3, 0.4) is 0 Å². The minimum absolute atomic E-state index is 0.368. The van der Waals surface area contributed by atoms with Gasteiger partial charge in [0.1, 0.15) is 0 Å². The summed E-state index contributed by atoms with van der Waals surface area (Å²) in [6.07, 6.45) is 11.4. The Morgan fingerprint density at radius 3 is 2.52 bits per heavy atom. The highest BCUT2D eigenvalue weighted by molar-refractivity contribution is 5.85. The van der Waals surface area contributed by atoms with Crippen LogP contribution < -0.4 is 0 Å². The van der Waals surface area contributed by atoms with Gasteiger partial charge in [-0.05, 0) is 26.2 Å². The van der Waals surface area contributed by atoms with Gasteiger partial charge in [-0.1, -0.05) is 51.2 Å². The van der Waals surface area contributed by atoms with Crippen LogP contribution in [0.1, 0.15) is 65.2 Å². The Morgan fingerprint density at radius 1 is 1.19 bits per heavy atom. The van der Waals surface area contributed by atoms with Gasteiger partial charge in [0.2, 0.25) is 0 Å². The number of hydrogen-bond acceptors (Lipinski definition) is 3. The summed E-state index contributed by atoms with van der Waals surface area (Å²) in [5, 5.41) is 9.27. The van der Waals surface area contributed by atoms with Crippen LogP contribution in [0, 0.1) is 11.3 Å². The molecule has 2 unspecified atom stereocenters. The van der Waals surface area contributed by atoms with Crippen molar-refractivity contribution in [1.82, 2.24) is 0 Å². The van der Waals surface area contributed by atoms with Crippen molar-refractivity contribution in [3.05, 3.63) is 12.2 Å². The van der Waals surface area contributed by atoms with Gasteiger partial charge in [0, 0.05) is 0 Å². The van der Waals surface area contributed by atoms with Crippen LogP contribution in [0.5, 0.6) is 0 Å². The third kappa shape index (κ3) is 5.18. The topological polar surface area (TPSA) is 63.6 Å². The summed E-state index contributed by atoms with van der Waals surface area (Å²) in [6.45, 7) is 4.29. The molecule has 1 aliphatic carbocycles. The van der Waals surface area contributed by atoms with Crippen LogP contribution >= 0.6 is 0 Å². The van der Waals surface area contributed by atoms with Crippen LogP contribution in [-0.2, 0) is 14.3 Å². The Labute approximate surface area is 127 Å². The minimum atomic E-state index is -0.928. The zero-order valence-corrected chi connectivity index (χ0v) is 13.3. The van der Waals surface area contributed by atoms with Crippen molar-refractivity contribution in [2.24, 2.45) is 11.3 Å². The largest absolute Gasteiger partial charge is 0.481 e. The summed E-state index contributed by atoms with van der Waals surface area (Å²) in [5.74, 6) is -1.97. The fourth-order valence-corrected chi connectivity index (χ4v) is 2.77. The molecule has 0 bridgehead atoms. The number of aliphatic carboxylic acids is 1. The van der Waals surface area contributed by atoms with Gasteiger partial charge in [-0.25, -0.2) is 0 Å². The van der Waals surface area contributed by atoms with Crippen LogP contribution in [0.4, 0.5) is 0 Å². The Morgan fingerprint density at radius 2 is 1.86 bits per heavy atom. The van der Waals surface area contributed by atoms with E-state index in [9.17, 15) is 14.7 Å². The molecule has 0 amide bonds. The third-order valence-corrected chi connectivity index (χ3v) is 4.34. The summed E-state index contributed by atoms with van der Waals surface area (Å²) in [5.41, 5.74) is -0.928. The van der Waals surface area contributed by atoms with Gasteiger partial charge >= 0.3 is 11.9 Å². The lowest BCUT2D eigenvalue weighted by atomic mass is 9.70. The zero-order valence-electron chi connectivity index (χ0n) is 13.3. The van der Waals surface area contributed by atoms with Crippen LogP contribution in [-0.4, -0.2) is 23.7 Å². The van der Waals surface area contributed by atoms with Gasteiger partial charge in [-0.3, -0.25) is 9.59 Å². The van der Waals surface area contributed by atoms with Crippen molar-refractivity contribution < 1.29 is 19.4 Å². The predicted molar refractivity (Wildman–Crippen MR) is 81.9 cm³/mol. The highest BCUT2D eigenvalue weighted by Gasteiger charge is 2.46. The summed E-state index contributed by atoms with van der Waals surface area (Å²) in [6, 6.07) is 0. The number of unbranched alkanes of at least 4 members (excludes halogenated alkanes) is 5. The van der Waals surface area contributed by atoms with E-state index < -0.39 is 17.3 Å². The smallest absolute Gasteiger partial charge is 0.312 e. The molecule has 0 fully saturated rings. The second kappa shape index (κ2) is 8.85. The maximum absolute atomic E-state index is 12.3. The highest BCUT2D eigenvalue weighted by Crippen LogP contribution is 2.39. The van der Waals surface area contributed by atoms with E-state index >= 15 is 0 Å². The fraction of sp³-hybridized carbons (Fsp3) is 0.765. The number of esters is 1. The molecule has 0 radical (unpaired) electrons. The van der Waals surface area contributed by atoms with Crippen LogP contribution in [0.15, 0.2) is 12.2 Å². The standard InChI is InChI=1S/C17H28O4/c1-3-4-5-6-7-10-13-21-16(20)17(2)12-9-8-11-14(17)15(18)19/h8-9,14H,3-7,10-13H2,1-2H3,(H,18,19). The highest BCUT2D eigenvalue weighted by atomic mass is 16.5. The molecule has 0 aromatic heterocycles. The second-order valence-electron chi connectivity index (χ2n) is 6.12. The third-order valence-electron chi connectivity index (χ3n) is 4.34. The molecule has 2 atom stereocenters. The molecule has 4 heteroatoms. The number of carboxylic acid groups (broad SMARTS) is 1. The number of carbonyl (C=O) groups is 2. The molecule has 0 aromatic rings. The first-order valence-electron chi connectivity index (χ1n) is 8.07. The lowest BCUT2D eigenvalue weighted by Gasteiger charge is -2.34. The Balaban J connectivity index is 2.36. The molecule has 21 heavy (non-hydrogen) atoms. The SMILES string of the molecule is CCCCCCCCOC(=O)C1(C)CC=CCC1C(=O)O. The molecule has 0 saturated heterocycles. The van der Waals surface area contributed by atoms with E-state index in [1.807, 2.05) is 12.2 Å². The van der Waals surface area contributed by atoms with Crippen molar-refractivity contribution in [3.63, 3.8) is 0 Å². The summed E-state index contributed by atoms with van der Waals surface area (Å²) < 4.78 is 5.34. The Bertz CT molecular complexity index is 375. The van der Waals surface area contributed by atoms with Gasteiger partial charge in [0.15, 0.2) is 0 Å². The molecule has 1 rings (SSSR count). The second-order valence-corrected chi connectivity index (χ2v) is 6.12. The lowest BCUT2D eigenvalue weighted by Crippen LogP contribution is -2.42. The van der Waals surface area contributed by atoms with E-state index in [1.165, 1.54) is 25.7 Å². The first-order chi connectivity index (χ1) is 10.0. The number of carboxylic acids is 1. The molecule has 120 valence electrons. The van der Waals surface area contributed by atoms with E-state index in [0.717, 1.165) is 12.8 Å². The fourth-order valence-electron chi connectivity index (χ4n) is 2.77. The minimum Gasteiger partial charge on any atom is -0.481 e. The van der Waals surface area contributed by atoms with Gasteiger partial charge in [0.25, 0.3) is 0 Å². The van der Waals surface area contributed by atoms with Crippen molar-refractivity contribution in [2.45, 2.75) is 65.2 Å². The van der Waals surface area contributed by atoms with Crippen molar-refractivity contribution in [1.29, 1.82) is 0 Å². The number of rotatable bonds is 9. The van der Waals surface area contributed by atoms with Gasteiger partial charge in [0.05, 0.1) is 17.9 Å². The van der Waals surface area contributed by atoms with Crippen molar-refractivity contribution in [2.75, 3.05) is 6.61 Å². The number of allylic oxidation sites excluding steroid dienone is 2. The quantitative estimate of drug-likeness (QED) is 0.397. The first kappa shape index (κ1) is 17.7. The lowest BCUT2D eigenvalue weighted by molar-refractivity contribution is -0.166. The molecule has 0 aromatic carbocycles. The molecule has 0 saturated carbocycles. The maximum atomic E-state index is 12.3. The average molecular weight is 296 g/mol. The van der Waals surface area contributed by atoms with Gasteiger partial charge in [-0.2, -0.15) is 0 Å². The molecule has 0 heterocycles. The average Bonchev–Trinajstić information content (AvgIpc) is 2.46. The van der Waals surface area contributed by atoms with E-state index in [0.29, 0.717) is 19.4 Å².